The summed E-state index contributed by atoms with van der Waals surface area (Å²) < 4.78 is 9.28. The molecule has 132 valence electrons. The zero-order valence-electron chi connectivity index (χ0n) is 13.0. The summed E-state index contributed by atoms with van der Waals surface area (Å²) in [4.78, 5) is 46.1. The molecule has 1 N–H and O–H groups in total. The fourth-order valence-electron chi connectivity index (χ4n) is 1.97. The molecule has 1 aromatic rings. The van der Waals surface area contributed by atoms with Crippen molar-refractivity contribution in [2.24, 2.45) is 0 Å². The van der Waals surface area contributed by atoms with Crippen LogP contribution in [0.15, 0.2) is 17.0 Å². The minimum atomic E-state index is -0.807. The van der Waals surface area contributed by atoms with Crippen LogP contribution in [0, 0.1) is 10.1 Å². The minimum Gasteiger partial charge on any atom is -0.500 e. The van der Waals surface area contributed by atoms with Crippen molar-refractivity contribution in [3.63, 3.8) is 0 Å². The Hall–Kier alpha value is -3.08. The number of aromatic hydroxyl groups is 1. The summed E-state index contributed by atoms with van der Waals surface area (Å²) in [6.07, 6.45) is 1.23. The van der Waals surface area contributed by atoms with Gasteiger partial charge in [0, 0.05) is 6.07 Å². The lowest BCUT2D eigenvalue weighted by molar-refractivity contribution is -0.386. The molecule has 0 saturated carbocycles. The largest absolute Gasteiger partial charge is 0.500 e. The predicted molar refractivity (Wildman–Crippen MR) is 86.0 cm³/mol. The smallest absolute Gasteiger partial charge is 0.325 e. The van der Waals surface area contributed by atoms with Crippen molar-refractivity contribution in [1.82, 2.24) is 4.90 Å². The third kappa shape index (κ3) is 3.71. The number of phenolic OH excluding ortho intramolecular Hbond substituents is 1. The second-order valence-corrected chi connectivity index (χ2v) is 5.69. The van der Waals surface area contributed by atoms with E-state index in [9.17, 15) is 29.6 Å². The number of carbonyl (C=O) groups is 3. The number of benzene rings is 1. The number of hydrogen-bond donors (Lipinski definition) is 1. The van der Waals surface area contributed by atoms with Crippen molar-refractivity contribution >= 4 is 40.6 Å². The Bertz CT molecular complexity index is 804. The number of imide groups is 1. The highest BCUT2D eigenvalue weighted by Gasteiger charge is 2.36. The van der Waals surface area contributed by atoms with E-state index < -0.39 is 40.0 Å². The molecule has 2 rings (SSSR count). The first-order chi connectivity index (χ1) is 11.8. The molecule has 10 nitrogen and oxygen atoms in total. The van der Waals surface area contributed by atoms with Gasteiger partial charge in [-0.15, -0.1) is 0 Å². The predicted octanol–water partition coefficient (Wildman–Crippen LogP) is 1.52. The van der Waals surface area contributed by atoms with Crippen molar-refractivity contribution in [2.75, 3.05) is 20.8 Å². The van der Waals surface area contributed by atoms with Crippen LogP contribution in [0.3, 0.4) is 0 Å². The topological polar surface area (TPSA) is 136 Å². The number of esters is 1. The summed E-state index contributed by atoms with van der Waals surface area (Å²) in [5, 5.41) is 20.1. The normalized spacial score (nSPS) is 15.6. The molecule has 1 fully saturated rings. The van der Waals surface area contributed by atoms with Crippen LogP contribution < -0.4 is 4.74 Å². The molecule has 0 aromatic heterocycles. The molecule has 1 aliphatic heterocycles. The first-order valence-corrected chi connectivity index (χ1v) is 7.47. The number of thioether (sulfide) groups is 1. The van der Waals surface area contributed by atoms with E-state index in [0.29, 0.717) is 16.7 Å². The van der Waals surface area contributed by atoms with E-state index in [4.69, 9.17) is 4.74 Å². The molecule has 0 spiro atoms. The molecule has 0 unspecified atom stereocenters. The van der Waals surface area contributed by atoms with E-state index in [2.05, 4.69) is 4.74 Å². The minimum absolute atomic E-state index is 0.0315. The molecule has 0 radical (unpaired) electrons. The van der Waals surface area contributed by atoms with E-state index in [-0.39, 0.29) is 16.2 Å². The number of amides is 2. The highest BCUT2D eigenvalue weighted by atomic mass is 32.2. The molecule has 2 amide bonds. The standard InChI is InChI=1S/C14H12N2O8S/c1-23-9-4-7(3-8(12(9)18)16(21)22)5-10-13(19)15(14(20)25-10)6-11(17)24-2/h3-5,18H,6H2,1-2H3/b10-5+. The summed E-state index contributed by atoms with van der Waals surface area (Å²) in [6.45, 7) is -0.530. The number of nitrogens with zero attached hydrogens (tertiary/aromatic N) is 2. The lowest BCUT2D eigenvalue weighted by atomic mass is 10.1. The lowest BCUT2D eigenvalue weighted by Crippen LogP contribution is -2.34. The molecular weight excluding hydrogens is 356 g/mol. The molecule has 25 heavy (non-hydrogen) atoms. The molecule has 0 aliphatic carbocycles. The van der Waals surface area contributed by atoms with Gasteiger partial charge in [0.25, 0.3) is 11.1 Å². The van der Waals surface area contributed by atoms with Gasteiger partial charge in [0.15, 0.2) is 5.75 Å². The molecule has 0 atom stereocenters. The molecule has 11 heteroatoms. The van der Waals surface area contributed by atoms with Crippen molar-refractivity contribution < 1.29 is 33.9 Å². The van der Waals surface area contributed by atoms with Crippen molar-refractivity contribution in [1.29, 1.82) is 0 Å². The number of nitro benzene ring substituents is 1. The van der Waals surface area contributed by atoms with Crippen LogP contribution in [0.2, 0.25) is 0 Å². The Morgan fingerprint density at radius 3 is 2.64 bits per heavy atom. The summed E-state index contributed by atoms with van der Waals surface area (Å²) >= 11 is 0.579. The maximum Gasteiger partial charge on any atom is 0.325 e. The molecule has 1 heterocycles. The van der Waals surface area contributed by atoms with E-state index in [1.165, 1.54) is 19.3 Å². The quantitative estimate of drug-likeness (QED) is 0.355. The van der Waals surface area contributed by atoms with Crippen molar-refractivity contribution in [2.45, 2.75) is 0 Å². The molecular formula is C14H12N2O8S. The van der Waals surface area contributed by atoms with Gasteiger partial charge in [0.1, 0.15) is 6.54 Å². The van der Waals surface area contributed by atoms with Gasteiger partial charge in [0.2, 0.25) is 5.75 Å². The van der Waals surface area contributed by atoms with Gasteiger partial charge in [-0.3, -0.25) is 29.4 Å². The Kier molecular flexibility index (Phi) is 5.27. The van der Waals surface area contributed by atoms with Gasteiger partial charge in [0.05, 0.1) is 24.0 Å². The van der Waals surface area contributed by atoms with E-state index in [0.717, 1.165) is 13.2 Å². The highest BCUT2D eigenvalue weighted by molar-refractivity contribution is 8.18. The Balaban J connectivity index is 2.39. The van der Waals surface area contributed by atoms with Crippen LogP contribution in [-0.2, 0) is 14.3 Å². The van der Waals surface area contributed by atoms with E-state index in [1.54, 1.807) is 0 Å². The molecule has 1 saturated heterocycles. The fourth-order valence-corrected chi connectivity index (χ4v) is 2.81. The second-order valence-electron chi connectivity index (χ2n) is 4.69. The van der Waals surface area contributed by atoms with Crippen LogP contribution >= 0.6 is 11.8 Å². The maximum absolute atomic E-state index is 12.2. The van der Waals surface area contributed by atoms with Gasteiger partial charge in [-0.2, -0.15) is 0 Å². The van der Waals surface area contributed by atoms with Gasteiger partial charge < -0.3 is 14.6 Å². The van der Waals surface area contributed by atoms with E-state index >= 15 is 0 Å². The van der Waals surface area contributed by atoms with E-state index in [1.807, 2.05) is 0 Å². The van der Waals surface area contributed by atoms with Crippen LogP contribution in [0.25, 0.3) is 6.08 Å². The lowest BCUT2D eigenvalue weighted by Gasteiger charge is -2.09. The van der Waals surface area contributed by atoms with Gasteiger partial charge >= 0.3 is 11.7 Å². The number of methoxy groups -OCH3 is 2. The van der Waals surface area contributed by atoms with Crippen LogP contribution in [-0.4, -0.2) is 52.8 Å². The van der Waals surface area contributed by atoms with Gasteiger partial charge in [-0.05, 0) is 29.5 Å². The summed E-state index contributed by atoms with van der Waals surface area (Å²) in [5.74, 6) is -2.29. The fraction of sp³-hybridized carbons (Fsp3) is 0.214. The number of hydrogen-bond acceptors (Lipinski definition) is 9. The first-order valence-electron chi connectivity index (χ1n) is 6.66. The monoisotopic (exact) mass is 368 g/mol. The average molecular weight is 368 g/mol. The Labute approximate surface area is 145 Å². The molecule has 1 aliphatic rings. The molecule has 0 bridgehead atoms. The maximum atomic E-state index is 12.2. The SMILES string of the molecule is COC(=O)CN1C(=O)S/C(=C/c2cc(OC)c(O)c([N+](=O)[O-])c2)C1=O. The molecule has 1 aromatic carbocycles. The Morgan fingerprint density at radius 2 is 2.08 bits per heavy atom. The van der Waals surface area contributed by atoms with Gasteiger partial charge in [-0.25, -0.2) is 0 Å². The summed E-state index contributed by atoms with van der Waals surface area (Å²) in [7, 11) is 2.34. The van der Waals surface area contributed by atoms with Crippen LogP contribution in [0.1, 0.15) is 5.56 Å². The zero-order valence-corrected chi connectivity index (χ0v) is 13.9. The number of ether oxygens (including phenoxy) is 2. The third-order valence-corrected chi connectivity index (χ3v) is 4.09. The first kappa shape index (κ1) is 18.3. The summed E-state index contributed by atoms with van der Waals surface area (Å²) in [6, 6.07) is 2.31. The Morgan fingerprint density at radius 1 is 1.40 bits per heavy atom. The summed E-state index contributed by atoms with van der Waals surface area (Å²) in [5.41, 5.74) is -0.440. The number of carbonyl (C=O) groups excluding carboxylic acids is 3. The number of rotatable bonds is 5. The number of nitro groups is 1. The van der Waals surface area contributed by atoms with Crippen molar-refractivity contribution in [3.8, 4) is 11.5 Å². The van der Waals surface area contributed by atoms with Crippen LogP contribution in [0.5, 0.6) is 11.5 Å². The zero-order chi connectivity index (χ0) is 18.7. The third-order valence-electron chi connectivity index (χ3n) is 3.18. The van der Waals surface area contributed by atoms with Crippen molar-refractivity contribution in [3.05, 3.63) is 32.7 Å². The number of phenols is 1. The highest BCUT2D eigenvalue weighted by Crippen LogP contribution is 2.39. The van der Waals surface area contributed by atoms with Crippen LogP contribution in [0.4, 0.5) is 10.5 Å². The second kappa shape index (κ2) is 7.21. The van der Waals surface area contributed by atoms with Gasteiger partial charge in [-0.1, -0.05) is 0 Å². The average Bonchev–Trinajstić information content (AvgIpc) is 2.83.